The monoisotopic (exact) mass is 454 g/mol. The van der Waals surface area contributed by atoms with Gasteiger partial charge in [-0.1, -0.05) is 32.0 Å². The molecule has 11 heteroatoms. The van der Waals surface area contributed by atoms with Gasteiger partial charge in [0.25, 0.3) is 5.91 Å². The number of carbonyl (C=O) groups is 3. The van der Waals surface area contributed by atoms with Crippen molar-refractivity contribution in [1.82, 2.24) is 5.32 Å². The van der Waals surface area contributed by atoms with Crippen LogP contribution in [0.1, 0.15) is 45.6 Å². The fourth-order valence-electron chi connectivity index (χ4n) is 3.09. The normalized spacial score (nSPS) is 14.0. The summed E-state index contributed by atoms with van der Waals surface area (Å²) >= 11 is 0. The van der Waals surface area contributed by atoms with Crippen molar-refractivity contribution in [3.05, 3.63) is 29.8 Å². The van der Waals surface area contributed by atoms with Crippen LogP contribution in [0.25, 0.3) is 0 Å². The van der Waals surface area contributed by atoms with Gasteiger partial charge in [-0.25, -0.2) is 0 Å². The predicted octanol–water partition coefficient (Wildman–Crippen LogP) is -1.33. The number of benzene rings is 1. The summed E-state index contributed by atoms with van der Waals surface area (Å²) in [6, 6.07) is 4.47. The number of aryl methyl sites for hydroxylation is 1. The average Bonchev–Trinajstić information content (AvgIpc) is 2.65. The standard InChI is InChI=1S/C21H34N4O7/c1-12(2)10-15(22)18(27)24-13(3)11-20(29,30)21(31,32)19(28)25-16-7-5-4-6-14(16)8-9-17(23)26/h4-7,12-13,15,29-32H,8-11,22H2,1-3H3,(H2,23,26)(H,24,27)(H,25,28)/t13?,15-/m0/s1. The van der Waals surface area contributed by atoms with Gasteiger partial charge in [0, 0.05) is 24.6 Å². The van der Waals surface area contributed by atoms with E-state index in [1.54, 1.807) is 18.2 Å². The van der Waals surface area contributed by atoms with E-state index in [2.05, 4.69) is 10.6 Å². The molecule has 10 N–H and O–H groups in total. The Morgan fingerprint density at radius 2 is 1.66 bits per heavy atom. The summed E-state index contributed by atoms with van der Waals surface area (Å²) < 4.78 is 0. The Balaban J connectivity index is 2.86. The molecule has 1 rings (SSSR count). The van der Waals surface area contributed by atoms with Gasteiger partial charge in [-0.05, 0) is 37.3 Å². The second-order valence-corrected chi connectivity index (χ2v) is 8.42. The van der Waals surface area contributed by atoms with Crippen LogP contribution in [0, 0.1) is 5.92 Å². The van der Waals surface area contributed by atoms with Crippen LogP contribution in [0.4, 0.5) is 5.69 Å². The van der Waals surface area contributed by atoms with Gasteiger partial charge in [0.1, 0.15) is 0 Å². The Hall–Kier alpha value is -2.57. The maximum Gasteiger partial charge on any atom is 0.300 e. The maximum absolute atomic E-state index is 12.5. The average molecular weight is 455 g/mol. The van der Waals surface area contributed by atoms with Gasteiger partial charge in [-0.3, -0.25) is 14.4 Å². The van der Waals surface area contributed by atoms with Gasteiger partial charge in [0.2, 0.25) is 17.6 Å². The van der Waals surface area contributed by atoms with E-state index in [9.17, 15) is 34.8 Å². The molecule has 0 aromatic heterocycles. The molecular weight excluding hydrogens is 420 g/mol. The number of anilines is 1. The first-order valence-corrected chi connectivity index (χ1v) is 10.3. The third-order valence-electron chi connectivity index (χ3n) is 4.82. The van der Waals surface area contributed by atoms with Gasteiger partial charge in [0.05, 0.1) is 6.04 Å². The largest absolute Gasteiger partial charge is 0.370 e. The molecule has 1 aromatic rings. The van der Waals surface area contributed by atoms with Gasteiger partial charge in [-0.2, -0.15) is 0 Å². The first-order chi connectivity index (χ1) is 14.7. The molecule has 0 saturated heterocycles. The Labute approximate surface area is 186 Å². The summed E-state index contributed by atoms with van der Waals surface area (Å²) in [7, 11) is 0. The summed E-state index contributed by atoms with van der Waals surface area (Å²) in [6.07, 6.45) is -0.199. The third-order valence-corrected chi connectivity index (χ3v) is 4.82. The minimum absolute atomic E-state index is 0.00360. The molecule has 3 amide bonds. The lowest BCUT2D eigenvalue weighted by Gasteiger charge is -2.35. The Bertz CT molecular complexity index is 811. The molecule has 180 valence electrons. The molecule has 0 heterocycles. The lowest BCUT2D eigenvalue weighted by atomic mass is 9.96. The molecule has 1 aromatic carbocycles. The molecule has 2 atom stereocenters. The molecule has 32 heavy (non-hydrogen) atoms. The molecule has 0 bridgehead atoms. The number of hydrogen-bond donors (Lipinski definition) is 8. The molecule has 0 saturated carbocycles. The molecule has 11 nitrogen and oxygen atoms in total. The van der Waals surface area contributed by atoms with Crippen LogP contribution in [0.15, 0.2) is 24.3 Å². The fourth-order valence-corrected chi connectivity index (χ4v) is 3.09. The third kappa shape index (κ3) is 7.84. The first kappa shape index (κ1) is 27.5. The highest BCUT2D eigenvalue weighted by molar-refractivity contribution is 5.97. The predicted molar refractivity (Wildman–Crippen MR) is 117 cm³/mol. The van der Waals surface area contributed by atoms with E-state index >= 15 is 0 Å². The number of rotatable bonds is 12. The van der Waals surface area contributed by atoms with Crippen LogP contribution in [-0.2, 0) is 20.8 Å². The number of para-hydroxylation sites is 1. The Kier molecular flexibility index (Phi) is 9.73. The zero-order valence-corrected chi connectivity index (χ0v) is 18.5. The van der Waals surface area contributed by atoms with Crippen LogP contribution in [-0.4, -0.2) is 61.8 Å². The molecule has 0 aliphatic heterocycles. The SMILES string of the molecule is CC(C)C[C@H](N)C(=O)NC(C)CC(O)(O)C(O)(O)C(=O)Nc1ccccc1CCC(N)=O. The zero-order chi connectivity index (χ0) is 24.7. The van der Waals surface area contributed by atoms with Crippen molar-refractivity contribution in [1.29, 1.82) is 0 Å². The van der Waals surface area contributed by atoms with E-state index in [0.717, 1.165) is 0 Å². The molecule has 0 spiro atoms. The number of aliphatic hydroxyl groups is 4. The van der Waals surface area contributed by atoms with E-state index in [-0.39, 0.29) is 24.4 Å². The first-order valence-electron chi connectivity index (χ1n) is 10.3. The summed E-state index contributed by atoms with van der Waals surface area (Å²) in [5.74, 6) is -9.38. The quantitative estimate of drug-likeness (QED) is 0.177. The van der Waals surface area contributed by atoms with Crippen molar-refractivity contribution in [2.75, 3.05) is 5.32 Å². The lowest BCUT2D eigenvalue weighted by molar-refractivity contribution is -0.338. The summed E-state index contributed by atoms with van der Waals surface area (Å²) in [5.41, 5.74) is 11.5. The van der Waals surface area contributed by atoms with Crippen molar-refractivity contribution >= 4 is 23.4 Å². The zero-order valence-electron chi connectivity index (χ0n) is 18.5. The summed E-state index contributed by atoms with van der Waals surface area (Å²) in [6.45, 7) is 5.17. The lowest BCUT2D eigenvalue weighted by Crippen LogP contribution is -2.63. The molecule has 0 fully saturated rings. The van der Waals surface area contributed by atoms with E-state index in [0.29, 0.717) is 12.0 Å². The number of nitrogens with one attached hydrogen (secondary N) is 2. The molecule has 1 unspecified atom stereocenters. The van der Waals surface area contributed by atoms with Crippen LogP contribution < -0.4 is 22.1 Å². The van der Waals surface area contributed by atoms with Gasteiger partial charge in [0.15, 0.2) is 0 Å². The topological polar surface area (TPSA) is 208 Å². The van der Waals surface area contributed by atoms with E-state index in [4.69, 9.17) is 11.5 Å². The second-order valence-electron chi connectivity index (χ2n) is 8.42. The van der Waals surface area contributed by atoms with Crippen molar-refractivity contribution in [2.24, 2.45) is 17.4 Å². The molecule has 0 aliphatic carbocycles. The van der Waals surface area contributed by atoms with Crippen LogP contribution in [0.3, 0.4) is 0 Å². The van der Waals surface area contributed by atoms with E-state index in [1.807, 2.05) is 13.8 Å². The minimum atomic E-state index is -3.62. The van der Waals surface area contributed by atoms with Crippen molar-refractivity contribution in [3.63, 3.8) is 0 Å². The van der Waals surface area contributed by atoms with Crippen molar-refractivity contribution in [3.8, 4) is 0 Å². The number of amides is 3. The number of hydrogen-bond acceptors (Lipinski definition) is 8. The molecule has 0 radical (unpaired) electrons. The maximum atomic E-state index is 12.5. The smallest absolute Gasteiger partial charge is 0.300 e. The van der Waals surface area contributed by atoms with Crippen molar-refractivity contribution in [2.45, 2.75) is 70.1 Å². The highest BCUT2D eigenvalue weighted by Crippen LogP contribution is 2.26. The Morgan fingerprint density at radius 3 is 2.22 bits per heavy atom. The number of carbonyl (C=O) groups excluding carboxylic acids is 3. The van der Waals surface area contributed by atoms with E-state index < -0.39 is 47.8 Å². The van der Waals surface area contributed by atoms with Crippen LogP contribution in [0.5, 0.6) is 0 Å². The van der Waals surface area contributed by atoms with Crippen molar-refractivity contribution < 1.29 is 34.8 Å². The Morgan fingerprint density at radius 1 is 1.06 bits per heavy atom. The van der Waals surface area contributed by atoms with Crippen LogP contribution in [0.2, 0.25) is 0 Å². The molecule has 0 aliphatic rings. The van der Waals surface area contributed by atoms with Crippen LogP contribution >= 0.6 is 0 Å². The van der Waals surface area contributed by atoms with Gasteiger partial charge < -0.3 is 42.5 Å². The molecular formula is C21H34N4O7. The second kappa shape index (κ2) is 11.3. The number of nitrogens with two attached hydrogens (primary N) is 2. The van der Waals surface area contributed by atoms with Gasteiger partial charge >= 0.3 is 5.79 Å². The minimum Gasteiger partial charge on any atom is -0.370 e. The fraction of sp³-hybridized carbons (Fsp3) is 0.571. The highest BCUT2D eigenvalue weighted by Gasteiger charge is 2.54. The number of primary amides is 1. The summed E-state index contributed by atoms with van der Waals surface area (Å²) in [5, 5.41) is 45.6. The van der Waals surface area contributed by atoms with Gasteiger partial charge in [-0.15, -0.1) is 0 Å². The summed E-state index contributed by atoms with van der Waals surface area (Å²) in [4.78, 5) is 35.6. The highest BCUT2D eigenvalue weighted by atomic mass is 16.6. The van der Waals surface area contributed by atoms with E-state index in [1.165, 1.54) is 13.0 Å².